The van der Waals surface area contributed by atoms with Crippen LogP contribution in [0.3, 0.4) is 0 Å². The highest BCUT2D eigenvalue weighted by atomic mass is 32.2. The average molecular weight is 533 g/mol. The number of non-ortho nitro benzene ring substituents is 1. The molecule has 0 saturated heterocycles. The Morgan fingerprint density at radius 2 is 1.54 bits per heavy atom. The van der Waals surface area contributed by atoms with Crippen LogP contribution in [-0.4, -0.2) is 25.2 Å². The average Bonchev–Trinajstić information content (AvgIpc) is 3.40. The number of Topliss-reactive ketones (excluding diaryl/α,β-unsaturated/α-hetero) is 1. The van der Waals surface area contributed by atoms with Crippen molar-refractivity contribution < 1.29 is 9.72 Å². The van der Waals surface area contributed by atoms with E-state index in [1.54, 1.807) is 30.5 Å². The molecule has 0 bridgehead atoms. The molecule has 2 heterocycles. The number of rotatable bonds is 7. The Morgan fingerprint density at radius 3 is 2.28 bits per heavy atom. The summed E-state index contributed by atoms with van der Waals surface area (Å²) in [5, 5.41) is 12.0. The highest BCUT2D eigenvalue weighted by Gasteiger charge is 2.28. The van der Waals surface area contributed by atoms with Crippen LogP contribution in [0.4, 0.5) is 5.69 Å². The first-order chi connectivity index (χ1) is 19.0. The lowest BCUT2D eigenvalue weighted by Gasteiger charge is -2.19. The maximum Gasteiger partial charge on any atom is 0.269 e. The molecule has 190 valence electrons. The van der Waals surface area contributed by atoms with Crippen LogP contribution in [0.2, 0.25) is 0 Å². The molecule has 0 fully saturated rings. The van der Waals surface area contributed by atoms with Gasteiger partial charge in [0.2, 0.25) is 0 Å². The minimum Gasteiger partial charge on any atom is -0.360 e. The third-order valence-corrected chi connectivity index (χ3v) is 7.69. The molecule has 2 aromatic heterocycles. The molecule has 9 heteroatoms. The lowest BCUT2D eigenvalue weighted by atomic mass is 10.0. The van der Waals surface area contributed by atoms with E-state index in [0.29, 0.717) is 27.3 Å². The van der Waals surface area contributed by atoms with Crippen molar-refractivity contribution in [1.29, 1.82) is 0 Å². The second-order valence-electron chi connectivity index (χ2n) is 8.85. The Morgan fingerprint density at radius 1 is 0.872 bits per heavy atom. The van der Waals surface area contributed by atoms with Gasteiger partial charge in [-0.2, -0.15) is 0 Å². The monoisotopic (exact) mass is 532 g/mol. The lowest BCUT2D eigenvalue weighted by Crippen LogP contribution is -2.23. The highest BCUT2D eigenvalue weighted by Crippen LogP contribution is 2.39. The van der Waals surface area contributed by atoms with Gasteiger partial charge in [0.1, 0.15) is 5.25 Å². The van der Waals surface area contributed by atoms with Crippen molar-refractivity contribution in [2.24, 2.45) is 0 Å². The van der Waals surface area contributed by atoms with Crippen molar-refractivity contribution in [3.05, 3.63) is 141 Å². The van der Waals surface area contributed by atoms with Crippen LogP contribution >= 0.6 is 11.8 Å². The molecule has 0 saturated carbocycles. The van der Waals surface area contributed by atoms with E-state index in [9.17, 15) is 19.7 Å². The van der Waals surface area contributed by atoms with E-state index in [1.165, 1.54) is 40.6 Å². The Kier molecular flexibility index (Phi) is 6.26. The molecule has 0 aliphatic carbocycles. The number of nitro groups is 1. The summed E-state index contributed by atoms with van der Waals surface area (Å²) in [6, 6.07) is 29.7. The van der Waals surface area contributed by atoms with E-state index in [1.807, 2.05) is 54.6 Å². The molecule has 1 atom stereocenters. The molecule has 0 aliphatic rings. The van der Waals surface area contributed by atoms with Gasteiger partial charge in [-0.1, -0.05) is 72.4 Å². The van der Waals surface area contributed by atoms with E-state index in [0.717, 1.165) is 16.5 Å². The molecular formula is C30H20N4O4S. The number of aromatic amines is 1. The third kappa shape index (κ3) is 4.49. The largest absolute Gasteiger partial charge is 0.360 e. The first kappa shape index (κ1) is 24.3. The lowest BCUT2D eigenvalue weighted by molar-refractivity contribution is -0.384. The topological polar surface area (TPSA) is 111 Å². The Labute approximate surface area is 226 Å². The van der Waals surface area contributed by atoms with Crippen molar-refractivity contribution in [3.8, 4) is 5.69 Å². The van der Waals surface area contributed by atoms with E-state index < -0.39 is 10.2 Å². The van der Waals surface area contributed by atoms with Gasteiger partial charge in [-0.25, -0.2) is 4.98 Å². The van der Waals surface area contributed by atoms with Gasteiger partial charge in [0, 0.05) is 34.8 Å². The molecule has 6 aromatic rings. The van der Waals surface area contributed by atoms with Crippen LogP contribution in [0.15, 0.2) is 119 Å². The SMILES string of the molecule is O=C(c1c[nH]c2ccccc12)C(Sc1nc2ccccc2c(=O)n1-c1ccc([N+](=O)[O-])cc1)c1ccccc1. The van der Waals surface area contributed by atoms with Gasteiger partial charge < -0.3 is 4.98 Å². The molecule has 0 radical (unpaired) electrons. The van der Waals surface area contributed by atoms with Crippen molar-refractivity contribution in [2.45, 2.75) is 10.4 Å². The number of aromatic nitrogens is 3. The van der Waals surface area contributed by atoms with Gasteiger partial charge >= 0.3 is 0 Å². The van der Waals surface area contributed by atoms with Crippen LogP contribution in [-0.2, 0) is 0 Å². The standard InChI is InChI=1S/C30H20N4O4S/c35-27(24-18-31-25-12-6-4-10-22(24)25)28(19-8-2-1-3-9-19)39-30-32-26-13-7-5-11-23(26)29(36)33(30)20-14-16-21(17-15-20)34(37)38/h1-18,28,31H. The fourth-order valence-corrected chi connectivity index (χ4v) is 5.75. The zero-order valence-corrected chi connectivity index (χ0v) is 21.2. The maximum absolute atomic E-state index is 14.1. The number of fused-ring (bicyclic) bond motifs is 2. The van der Waals surface area contributed by atoms with Crippen LogP contribution in [0.1, 0.15) is 21.2 Å². The normalized spacial score (nSPS) is 12.0. The number of ketones is 1. The minimum atomic E-state index is -0.720. The zero-order chi connectivity index (χ0) is 26.9. The predicted molar refractivity (Wildman–Crippen MR) is 152 cm³/mol. The van der Waals surface area contributed by atoms with Crippen LogP contribution in [0.5, 0.6) is 0 Å². The number of thioether (sulfide) groups is 1. The maximum atomic E-state index is 14.1. The van der Waals surface area contributed by atoms with Crippen LogP contribution in [0, 0.1) is 10.1 Å². The molecular weight excluding hydrogens is 512 g/mol. The number of H-pyrrole nitrogens is 1. The summed E-state index contributed by atoms with van der Waals surface area (Å²) in [7, 11) is 0. The second kappa shape index (κ2) is 10.0. The summed E-state index contributed by atoms with van der Waals surface area (Å²) in [4.78, 5) is 46.5. The number of benzene rings is 4. The summed E-state index contributed by atoms with van der Waals surface area (Å²) in [6.07, 6.45) is 1.71. The van der Waals surface area contributed by atoms with Crippen LogP contribution < -0.4 is 5.56 Å². The number of nitro benzene ring substituents is 1. The second-order valence-corrected chi connectivity index (χ2v) is 9.92. The summed E-state index contributed by atoms with van der Waals surface area (Å²) in [6.45, 7) is 0. The smallest absolute Gasteiger partial charge is 0.269 e. The minimum absolute atomic E-state index is 0.0913. The van der Waals surface area contributed by atoms with Gasteiger partial charge in [-0.05, 0) is 35.9 Å². The van der Waals surface area contributed by atoms with Gasteiger partial charge in [0.15, 0.2) is 10.9 Å². The van der Waals surface area contributed by atoms with Crippen molar-refractivity contribution in [1.82, 2.24) is 14.5 Å². The van der Waals surface area contributed by atoms with Crippen LogP contribution in [0.25, 0.3) is 27.5 Å². The number of carbonyl (C=O) groups excluding carboxylic acids is 1. The molecule has 0 aliphatic heterocycles. The Hall–Kier alpha value is -5.02. The summed E-state index contributed by atoms with van der Waals surface area (Å²) in [5.74, 6) is -0.138. The number of para-hydroxylation sites is 2. The molecule has 4 aromatic carbocycles. The number of carbonyl (C=O) groups is 1. The van der Waals surface area contributed by atoms with E-state index in [4.69, 9.17) is 4.98 Å². The molecule has 8 nitrogen and oxygen atoms in total. The fraction of sp³-hybridized carbons (Fsp3) is 0.0333. The molecule has 0 amide bonds. The highest BCUT2D eigenvalue weighted by molar-refractivity contribution is 8.00. The third-order valence-electron chi connectivity index (χ3n) is 6.48. The first-order valence-electron chi connectivity index (χ1n) is 12.1. The number of nitrogens with one attached hydrogen (secondary N) is 1. The summed E-state index contributed by atoms with van der Waals surface area (Å²) in [5.41, 5.74) is 2.64. The van der Waals surface area contributed by atoms with E-state index >= 15 is 0 Å². The van der Waals surface area contributed by atoms with E-state index in [-0.39, 0.29) is 17.0 Å². The molecule has 1 N–H and O–H groups in total. The van der Waals surface area contributed by atoms with Crippen molar-refractivity contribution in [2.75, 3.05) is 0 Å². The number of hydrogen-bond donors (Lipinski definition) is 1. The first-order valence-corrected chi connectivity index (χ1v) is 13.0. The van der Waals surface area contributed by atoms with Crippen molar-refractivity contribution >= 4 is 45.0 Å². The fourth-order valence-electron chi connectivity index (χ4n) is 4.57. The van der Waals surface area contributed by atoms with Gasteiger partial charge in [-0.15, -0.1) is 0 Å². The Balaban J connectivity index is 1.53. The van der Waals surface area contributed by atoms with Gasteiger partial charge in [0.05, 0.1) is 21.5 Å². The summed E-state index contributed by atoms with van der Waals surface area (Å²) < 4.78 is 1.41. The summed E-state index contributed by atoms with van der Waals surface area (Å²) >= 11 is 1.17. The molecule has 0 spiro atoms. The van der Waals surface area contributed by atoms with Gasteiger partial charge in [0.25, 0.3) is 11.2 Å². The molecule has 39 heavy (non-hydrogen) atoms. The molecule has 1 unspecified atom stereocenters. The Bertz CT molecular complexity index is 1910. The zero-order valence-electron chi connectivity index (χ0n) is 20.4. The van der Waals surface area contributed by atoms with E-state index in [2.05, 4.69) is 4.98 Å². The quantitative estimate of drug-likeness (QED) is 0.0827. The number of hydrogen-bond acceptors (Lipinski definition) is 6. The molecule has 6 rings (SSSR count). The number of nitrogens with zero attached hydrogens (tertiary/aromatic N) is 3. The van der Waals surface area contributed by atoms with Gasteiger partial charge in [-0.3, -0.25) is 24.3 Å². The van der Waals surface area contributed by atoms with Crippen molar-refractivity contribution in [3.63, 3.8) is 0 Å². The predicted octanol–water partition coefficient (Wildman–Crippen LogP) is 6.49.